The van der Waals surface area contributed by atoms with Crippen LogP contribution in [0.1, 0.15) is 44.9 Å². The van der Waals surface area contributed by atoms with E-state index in [9.17, 15) is 8.42 Å². The van der Waals surface area contributed by atoms with Crippen molar-refractivity contribution in [1.82, 2.24) is 4.98 Å². The van der Waals surface area contributed by atoms with Crippen LogP contribution in [0.25, 0.3) is 0 Å². The van der Waals surface area contributed by atoms with Crippen molar-refractivity contribution in [3.63, 3.8) is 0 Å². The molecule has 0 saturated heterocycles. The second-order valence-electron chi connectivity index (χ2n) is 7.62. The zero-order valence-electron chi connectivity index (χ0n) is 12.6. The highest BCUT2D eigenvalue weighted by Crippen LogP contribution is 2.61. The van der Waals surface area contributed by atoms with Crippen LogP contribution in [-0.2, 0) is 10.0 Å². The second-order valence-corrected chi connectivity index (χ2v) is 10.4. The van der Waals surface area contributed by atoms with Crippen LogP contribution >= 0.6 is 11.3 Å². The maximum absolute atomic E-state index is 11.3. The third-order valence-corrected chi connectivity index (χ3v) is 8.22. The van der Waals surface area contributed by atoms with Gasteiger partial charge in [0.1, 0.15) is 0 Å². The fourth-order valence-corrected chi connectivity index (χ4v) is 6.98. The van der Waals surface area contributed by atoms with Crippen molar-refractivity contribution >= 4 is 26.5 Å². The van der Waals surface area contributed by atoms with Crippen molar-refractivity contribution < 1.29 is 8.42 Å². The number of hydrogen-bond acceptors (Lipinski definition) is 5. The molecule has 4 fully saturated rings. The maximum Gasteiger partial charge on any atom is 0.249 e. The van der Waals surface area contributed by atoms with E-state index >= 15 is 0 Å². The number of thiazole rings is 1. The Morgan fingerprint density at radius 3 is 2.32 bits per heavy atom. The summed E-state index contributed by atoms with van der Waals surface area (Å²) in [6.45, 7) is 0.879. The predicted octanol–water partition coefficient (Wildman–Crippen LogP) is 2.81. The smallest absolute Gasteiger partial charge is 0.249 e. The Kier molecular flexibility index (Phi) is 3.51. The van der Waals surface area contributed by atoms with Crippen molar-refractivity contribution in [2.45, 2.75) is 49.2 Å². The van der Waals surface area contributed by atoms with E-state index in [4.69, 9.17) is 5.14 Å². The first-order valence-corrected chi connectivity index (χ1v) is 10.5. The van der Waals surface area contributed by atoms with Crippen molar-refractivity contribution in [3.05, 3.63) is 6.20 Å². The third-order valence-electron chi connectivity index (χ3n) is 5.86. The maximum atomic E-state index is 11.3. The van der Waals surface area contributed by atoms with Crippen LogP contribution in [-0.4, -0.2) is 19.9 Å². The van der Waals surface area contributed by atoms with Gasteiger partial charge in [0.15, 0.2) is 9.34 Å². The van der Waals surface area contributed by atoms with Gasteiger partial charge >= 0.3 is 0 Å². The van der Waals surface area contributed by atoms with Crippen molar-refractivity contribution in [2.75, 3.05) is 11.9 Å². The molecule has 0 aromatic carbocycles. The van der Waals surface area contributed by atoms with Crippen LogP contribution in [0.5, 0.6) is 0 Å². The van der Waals surface area contributed by atoms with Gasteiger partial charge < -0.3 is 5.32 Å². The molecule has 3 N–H and O–H groups in total. The molecule has 4 aliphatic carbocycles. The first kappa shape index (κ1) is 14.9. The van der Waals surface area contributed by atoms with E-state index in [0.717, 1.165) is 35.6 Å². The molecule has 0 atom stereocenters. The predicted molar refractivity (Wildman–Crippen MR) is 87.2 cm³/mol. The Morgan fingerprint density at radius 1 is 1.23 bits per heavy atom. The Labute approximate surface area is 135 Å². The minimum atomic E-state index is -3.63. The minimum absolute atomic E-state index is 0.129. The molecule has 22 heavy (non-hydrogen) atoms. The van der Waals surface area contributed by atoms with Gasteiger partial charge in [-0.3, -0.25) is 0 Å². The molecular weight excluding hydrogens is 318 g/mol. The Bertz CT molecular complexity index is 633. The van der Waals surface area contributed by atoms with Crippen molar-refractivity contribution in [3.8, 4) is 0 Å². The SMILES string of the molecule is NS(=O)(=O)c1cnc(NCCC23CC4CC(CC(C4)C2)C3)s1. The highest BCUT2D eigenvalue weighted by Gasteiger charge is 2.50. The quantitative estimate of drug-likeness (QED) is 0.862. The van der Waals surface area contributed by atoms with Gasteiger partial charge in [-0.25, -0.2) is 18.5 Å². The van der Waals surface area contributed by atoms with Gasteiger partial charge in [-0.05, 0) is 68.1 Å². The average Bonchev–Trinajstić information content (AvgIpc) is 2.85. The van der Waals surface area contributed by atoms with E-state index in [-0.39, 0.29) is 4.21 Å². The molecule has 4 saturated carbocycles. The molecule has 0 unspecified atom stereocenters. The summed E-state index contributed by atoms with van der Waals surface area (Å²) in [5.41, 5.74) is 0.543. The largest absolute Gasteiger partial charge is 0.361 e. The van der Waals surface area contributed by atoms with Crippen molar-refractivity contribution in [2.24, 2.45) is 28.3 Å². The summed E-state index contributed by atoms with van der Waals surface area (Å²) in [7, 11) is -3.63. The van der Waals surface area contributed by atoms with Gasteiger partial charge in [-0.1, -0.05) is 11.3 Å². The molecule has 0 spiro atoms. The Balaban J connectivity index is 1.36. The van der Waals surface area contributed by atoms with Gasteiger partial charge in [-0.15, -0.1) is 0 Å². The third kappa shape index (κ3) is 2.78. The van der Waals surface area contributed by atoms with Gasteiger partial charge in [-0.2, -0.15) is 0 Å². The molecule has 0 amide bonds. The number of sulfonamides is 1. The monoisotopic (exact) mass is 341 g/mol. The van der Waals surface area contributed by atoms with Crippen LogP contribution in [0.3, 0.4) is 0 Å². The Morgan fingerprint density at radius 2 is 1.82 bits per heavy atom. The molecule has 5 rings (SSSR count). The van der Waals surface area contributed by atoms with Crippen molar-refractivity contribution in [1.29, 1.82) is 0 Å². The minimum Gasteiger partial charge on any atom is -0.361 e. The molecular formula is C15H23N3O2S2. The summed E-state index contributed by atoms with van der Waals surface area (Å²) in [4.78, 5) is 4.11. The summed E-state index contributed by atoms with van der Waals surface area (Å²) in [5.74, 6) is 2.92. The first-order chi connectivity index (χ1) is 10.4. The highest BCUT2D eigenvalue weighted by atomic mass is 32.2. The zero-order chi connectivity index (χ0) is 15.4. The van der Waals surface area contributed by atoms with E-state index in [0.29, 0.717) is 10.5 Å². The lowest BCUT2D eigenvalue weighted by molar-refractivity contribution is -0.0552. The number of nitrogens with one attached hydrogen (secondary N) is 1. The zero-order valence-corrected chi connectivity index (χ0v) is 14.3. The molecule has 4 bridgehead atoms. The van der Waals surface area contributed by atoms with Crippen LogP contribution in [0.4, 0.5) is 5.13 Å². The average molecular weight is 342 g/mol. The van der Waals surface area contributed by atoms with E-state index in [1.54, 1.807) is 0 Å². The second kappa shape index (κ2) is 5.18. The van der Waals surface area contributed by atoms with Gasteiger partial charge in [0.2, 0.25) is 10.0 Å². The van der Waals surface area contributed by atoms with Crippen LogP contribution in [0.15, 0.2) is 10.4 Å². The standard InChI is InChI=1S/C15H23N3O2S2/c16-22(19,20)13-9-18-14(21-13)17-2-1-15-6-10-3-11(7-15)5-12(4-10)8-15/h9-12H,1-8H2,(H,17,18)(H2,16,19,20). The molecule has 1 aromatic heterocycles. The molecule has 1 heterocycles. The van der Waals surface area contributed by atoms with Crippen LogP contribution < -0.4 is 10.5 Å². The molecule has 7 heteroatoms. The fraction of sp³-hybridized carbons (Fsp3) is 0.800. The first-order valence-electron chi connectivity index (χ1n) is 8.14. The Hall–Kier alpha value is -0.660. The van der Waals surface area contributed by atoms with Gasteiger partial charge in [0.25, 0.3) is 0 Å². The van der Waals surface area contributed by atoms with E-state index in [1.807, 2.05) is 0 Å². The van der Waals surface area contributed by atoms with Gasteiger partial charge in [0, 0.05) is 6.54 Å². The molecule has 122 valence electrons. The summed E-state index contributed by atoms with van der Waals surface area (Å²) < 4.78 is 22.7. The summed E-state index contributed by atoms with van der Waals surface area (Å²) in [6, 6.07) is 0. The molecule has 0 aliphatic heterocycles. The lowest BCUT2D eigenvalue weighted by Crippen LogP contribution is -2.46. The number of rotatable bonds is 5. The summed E-state index contributed by atoms with van der Waals surface area (Å²) in [6.07, 6.45) is 11.1. The summed E-state index contributed by atoms with van der Waals surface area (Å²) in [5, 5.41) is 9.08. The van der Waals surface area contributed by atoms with E-state index in [1.165, 1.54) is 51.1 Å². The number of aromatic nitrogens is 1. The van der Waals surface area contributed by atoms with Gasteiger partial charge in [0.05, 0.1) is 6.20 Å². The lowest BCUT2D eigenvalue weighted by atomic mass is 9.49. The fourth-order valence-electron chi connectivity index (χ4n) is 5.50. The molecule has 4 aliphatic rings. The van der Waals surface area contributed by atoms with Crippen LogP contribution in [0.2, 0.25) is 0 Å². The molecule has 5 nitrogen and oxygen atoms in total. The number of primary sulfonamides is 1. The number of anilines is 1. The molecule has 0 radical (unpaired) electrons. The number of nitrogens with zero attached hydrogens (tertiary/aromatic N) is 1. The lowest BCUT2D eigenvalue weighted by Gasteiger charge is -2.57. The van der Waals surface area contributed by atoms with E-state index in [2.05, 4.69) is 10.3 Å². The normalized spacial score (nSPS) is 36.7. The summed E-state index contributed by atoms with van der Waals surface area (Å²) >= 11 is 1.12. The molecule has 1 aromatic rings. The van der Waals surface area contributed by atoms with Crippen LogP contribution in [0, 0.1) is 23.2 Å². The number of nitrogens with two attached hydrogens (primary N) is 1. The van der Waals surface area contributed by atoms with E-state index < -0.39 is 10.0 Å². The number of hydrogen-bond donors (Lipinski definition) is 2. The highest BCUT2D eigenvalue weighted by molar-refractivity contribution is 7.91. The topological polar surface area (TPSA) is 85.1 Å².